The fraction of sp³-hybridized carbons (Fsp3) is 0.571. The minimum absolute atomic E-state index is 0.0777. The summed E-state index contributed by atoms with van der Waals surface area (Å²) in [5.74, 6) is -0.759. The average Bonchev–Trinajstić information content (AvgIpc) is 2.42. The molecule has 4 nitrogen and oxygen atoms in total. The van der Waals surface area contributed by atoms with Gasteiger partial charge in [-0.25, -0.2) is 12.8 Å². The Balaban J connectivity index is 0. The van der Waals surface area contributed by atoms with Crippen molar-refractivity contribution < 1.29 is 17.5 Å². The summed E-state index contributed by atoms with van der Waals surface area (Å²) in [5, 5.41) is 0. The van der Waals surface area contributed by atoms with Crippen LogP contribution in [0.25, 0.3) is 0 Å². The molecule has 0 spiro atoms. The molecule has 1 N–H and O–H groups in total. The van der Waals surface area contributed by atoms with Crippen LogP contribution in [0.1, 0.15) is 40.2 Å². The molecule has 0 heterocycles. The quantitative estimate of drug-likeness (QED) is 0.916. The van der Waals surface area contributed by atoms with E-state index in [1.54, 1.807) is 6.92 Å². The maximum Gasteiger partial charge on any atom is 0.232 e. The fourth-order valence-electron chi connectivity index (χ4n) is 1.25. The minimum Gasteiger partial charge on any atom is -0.492 e. The number of hydrogen-bond donors (Lipinski definition) is 1. The lowest BCUT2D eigenvalue weighted by Gasteiger charge is -2.12. The van der Waals surface area contributed by atoms with Crippen LogP contribution in [0.15, 0.2) is 12.1 Å². The molecule has 6 heteroatoms. The van der Waals surface area contributed by atoms with E-state index in [9.17, 15) is 12.8 Å². The molecule has 1 rings (SSSR count). The molecular formula is C14H26FNO3S. The molecule has 0 saturated carbocycles. The molecule has 0 fully saturated rings. The number of ether oxygens (including phenoxy) is 1. The summed E-state index contributed by atoms with van der Waals surface area (Å²) in [6, 6.07) is 2.80. The number of methoxy groups -OCH3 is 1. The third kappa shape index (κ3) is 6.75. The molecule has 0 aliphatic heterocycles. The first kappa shape index (κ1) is 21.0. The van der Waals surface area contributed by atoms with Gasteiger partial charge in [-0.3, -0.25) is 4.72 Å². The Morgan fingerprint density at radius 1 is 1.20 bits per heavy atom. The van der Waals surface area contributed by atoms with Crippen molar-refractivity contribution in [3.63, 3.8) is 0 Å². The average molecular weight is 307 g/mol. The van der Waals surface area contributed by atoms with Crippen molar-refractivity contribution in [1.82, 2.24) is 0 Å². The Morgan fingerprint density at radius 3 is 2.10 bits per heavy atom. The van der Waals surface area contributed by atoms with Crippen LogP contribution in [0.3, 0.4) is 0 Å². The lowest BCUT2D eigenvalue weighted by molar-refractivity contribution is 0.388. The van der Waals surface area contributed by atoms with Gasteiger partial charge < -0.3 is 4.74 Å². The zero-order valence-electron chi connectivity index (χ0n) is 13.4. The minimum atomic E-state index is -3.44. The van der Waals surface area contributed by atoms with Crippen LogP contribution in [-0.2, 0) is 10.0 Å². The molecular weight excluding hydrogens is 281 g/mol. The maximum absolute atomic E-state index is 13.4. The lowest BCUT2D eigenvalue weighted by atomic mass is 10.2. The molecule has 0 aromatic heterocycles. The summed E-state index contributed by atoms with van der Waals surface area (Å²) >= 11 is 0. The van der Waals surface area contributed by atoms with Gasteiger partial charge in [-0.15, -0.1) is 0 Å². The number of nitrogens with one attached hydrogen (secondary N) is 1. The molecule has 0 aliphatic rings. The van der Waals surface area contributed by atoms with E-state index in [-0.39, 0.29) is 17.2 Å². The van der Waals surface area contributed by atoms with Gasteiger partial charge in [0.25, 0.3) is 0 Å². The van der Waals surface area contributed by atoms with E-state index in [1.807, 2.05) is 27.7 Å². The summed E-state index contributed by atoms with van der Waals surface area (Å²) in [7, 11) is -2.15. The molecule has 0 unspecified atom stereocenters. The lowest BCUT2D eigenvalue weighted by Crippen LogP contribution is -2.15. The van der Waals surface area contributed by atoms with Crippen LogP contribution in [0.4, 0.5) is 10.1 Å². The second kappa shape index (κ2) is 10.5. The first-order chi connectivity index (χ1) is 9.39. The van der Waals surface area contributed by atoms with Crippen molar-refractivity contribution in [2.24, 2.45) is 0 Å². The Bertz CT molecular complexity index is 487. The van der Waals surface area contributed by atoms with Crippen LogP contribution in [0.5, 0.6) is 5.75 Å². The van der Waals surface area contributed by atoms with Gasteiger partial charge in [-0.05, 0) is 31.5 Å². The van der Waals surface area contributed by atoms with Crippen molar-refractivity contribution in [1.29, 1.82) is 0 Å². The molecule has 0 saturated heterocycles. The van der Waals surface area contributed by atoms with Crippen LogP contribution in [0, 0.1) is 12.7 Å². The Labute approximate surface area is 122 Å². The second-order valence-corrected chi connectivity index (χ2v) is 5.34. The molecule has 118 valence electrons. The summed E-state index contributed by atoms with van der Waals surface area (Å²) in [5.41, 5.74) is 0.744. The van der Waals surface area contributed by atoms with Crippen molar-refractivity contribution in [2.75, 3.05) is 17.6 Å². The monoisotopic (exact) mass is 307 g/mol. The molecule has 0 amide bonds. The van der Waals surface area contributed by atoms with Crippen LogP contribution >= 0.6 is 0 Å². The Hall–Kier alpha value is -1.30. The van der Waals surface area contributed by atoms with E-state index in [1.165, 1.54) is 26.2 Å². The van der Waals surface area contributed by atoms with E-state index < -0.39 is 15.8 Å². The topological polar surface area (TPSA) is 55.4 Å². The largest absolute Gasteiger partial charge is 0.492 e. The first-order valence-corrected chi connectivity index (χ1v) is 8.39. The number of halogens is 1. The Morgan fingerprint density at radius 2 is 1.70 bits per heavy atom. The van der Waals surface area contributed by atoms with Crippen LogP contribution in [0.2, 0.25) is 0 Å². The van der Waals surface area contributed by atoms with Gasteiger partial charge in [0.05, 0.1) is 18.6 Å². The molecule has 1 aromatic rings. The van der Waals surface area contributed by atoms with E-state index >= 15 is 0 Å². The highest BCUT2D eigenvalue weighted by atomic mass is 32.2. The van der Waals surface area contributed by atoms with Crippen molar-refractivity contribution in [3.8, 4) is 5.75 Å². The molecule has 0 radical (unpaired) electrons. The molecule has 20 heavy (non-hydrogen) atoms. The molecule has 0 aliphatic carbocycles. The number of sulfonamides is 1. The fourth-order valence-corrected chi connectivity index (χ4v) is 1.88. The summed E-state index contributed by atoms with van der Waals surface area (Å²) in [6.45, 7) is 11.2. The van der Waals surface area contributed by atoms with Gasteiger partial charge in [0.1, 0.15) is 0 Å². The summed E-state index contributed by atoms with van der Waals surface area (Å²) in [4.78, 5) is 0. The van der Waals surface area contributed by atoms with Crippen LogP contribution in [-0.4, -0.2) is 21.3 Å². The van der Waals surface area contributed by atoms with Gasteiger partial charge in [0.15, 0.2) is 11.6 Å². The zero-order valence-corrected chi connectivity index (χ0v) is 14.2. The number of benzene rings is 1. The van der Waals surface area contributed by atoms with Crippen molar-refractivity contribution >= 4 is 15.7 Å². The smallest absolute Gasteiger partial charge is 0.232 e. The van der Waals surface area contributed by atoms with Crippen LogP contribution < -0.4 is 9.46 Å². The van der Waals surface area contributed by atoms with E-state index in [0.29, 0.717) is 5.56 Å². The number of hydrogen-bond acceptors (Lipinski definition) is 3. The van der Waals surface area contributed by atoms with Crippen molar-refractivity contribution in [3.05, 3.63) is 23.5 Å². The van der Waals surface area contributed by atoms with Gasteiger partial charge in [0, 0.05) is 0 Å². The van der Waals surface area contributed by atoms with E-state index in [4.69, 9.17) is 4.74 Å². The Kier molecular flexibility index (Phi) is 11.0. The standard InChI is InChI=1S/C10H14FNO3S.2C2H6/c1-4-16(13,14)12-9-6-7(2)5-8(11)10(9)15-3;2*1-2/h5-6,12H,4H2,1-3H3;2*1-2H3. The predicted molar refractivity (Wildman–Crippen MR) is 83.5 cm³/mol. The SMILES string of the molecule is CC.CC.CCS(=O)(=O)Nc1cc(C)cc(F)c1OC. The third-order valence-electron chi connectivity index (χ3n) is 2.04. The van der Waals surface area contributed by atoms with Crippen molar-refractivity contribution in [2.45, 2.75) is 41.5 Å². The summed E-state index contributed by atoms with van der Waals surface area (Å²) in [6.07, 6.45) is 0. The van der Waals surface area contributed by atoms with E-state index in [0.717, 1.165) is 0 Å². The first-order valence-electron chi connectivity index (χ1n) is 6.74. The molecule has 1 aromatic carbocycles. The predicted octanol–water partition coefficient (Wildman–Crippen LogP) is 3.96. The number of aryl methyl sites for hydroxylation is 1. The number of rotatable bonds is 4. The molecule has 0 atom stereocenters. The zero-order chi connectivity index (χ0) is 16.3. The molecule has 0 bridgehead atoms. The van der Waals surface area contributed by atoms with Gasteiger partial charge in [-0.1, -0.05) is 27.7 Å². The number of anilines is 1. The second-order valence-electron chi connectivity index (χ2n) is 3.33. The third-order valence-corrected chi connectivity index (χ3v) is 3.33. The highest BCUT2D eigenvalue weighted by molar-refractivity contribution is 7.92. The van der Waals surface area contributed by atoms with Gasteiger partial charge in [-0.2, -0.15) is 0 Å². The highest BCUT2D eigenvalue weighted by Gasteiger charge is 2.15. The van der Waals surface area contributed by atoms with Gasteiger partial charge in [0.2, 0.25) is 10.0 Å². The maximum atomic E-state index is 13.4. The van der Waals surface area contributed by atoms with E-state index in [2.05, 4.69) is 4.72 Å². The normalized spacial score (nSPS) is 9.60. The summed E-state index contributed by atoms with van der Waals surface area (Å²) < 4.78 is 43.3. The highest BCUT2D eigenvalue weighted by Crippen LogP contribution is 2.29. The van der Waals surface area contributed by atoms with Gasteiger partial charge >= 0.3 is 0 Å².